The first-order valence-electron chi connectivity index (χ1n) is 10.0. The quantitative estimate of drug-likeness (QED) is 0.387. The molecule has 0 amide bonds. The van der Waals surface area contributed by atoms with Crippen molar-refractivity contribution in [3.05, 3.63) is 109 Å². The second-order valence-corrected chi connectivity index (χ2v) is 7.13. The number of aromatic nitrogens is 3. The Kier molecular flexibility index (Phi) is 4.95. The van der Waals surface area contributed by atoms with Gasteiger partial charge in [0.1, 0.15) is 5.75 Å². The normalized spacial score (nSPS) is 10.7. The highest BCUT2D eigenvalue weighted by Gasteiger charge is 2.14. The van der Waals surface area contributed by atoms with Crippen molar-refractivity contribution in [3.63, 3.8) is 0 Å². The van der Waals surface area contributed by atoms with E-state index in [0.29, 0.717) is 23.0 Å². The van der Waals surface area contributed by atoms with Crippen molar-refractivity contribution >= 4 is 0 Å². The van der Waals surface area contributed by atoms with Crippen LogP contribution < -0.4 is 0 Å². The molecule has 1 heterocycles. The fourth-order valence-corrected chi connectivity index (χ4v) is 3.45. The van der Waals surface area contributed by atoms with Crippen LogP contribution in [0, 0.1) is 0 Å². The fourth-order valence-electron chi connectivity index (χ4n) is 3.45. The minimum atomic E-state index is 0.137. The molecule has 0 spiro atoms. The van der Waals surface area contributed by atoms with Crippen LogP contribution in [-0.2, 0) is 0 Å². The topological polar surface area (TPSA) is 58.9 Å². The van der Waals surface area contributed by atoms with Gasteiger partial charge in [-0.1, -0.05) is 97.1 Å². The lowest BCUT2D eigenvalue weighted by Gasteiger charge is -2.10. The second-order valence-electron chi connectivity index (χ2n) is 7.13. The van der Waals surface area contributed by atoms with Gasteiger partial charge in [0.25, 0.3) is 0 Å². The van der Waals surface area contributed by atoms with Crippen LogP contribution in [0.3, 0.4) is 0 Å². The number of aromatic hydroxyl groups is 1. The summed E-state index contributed by atoms with van der Waals surface area (Å²) in [6.07, 6.45) is 0. The average molecular weight is 401 g/mol. The molecule has 5 rings (SSSR count). The van der Waals surface area contributed by atoms with Crippen molar-refractivity contribution in [1.29, 1.82) is 0 Å². The molecule has 0 aliphatic carbocycles. The van der Waals surface area contributed by atoms with Crippen LogP contribution in [0.1, 0.15) is 0 Å². The predicted octanol–water partition coefficient (Wildman–Crippen LogP) is 6.25. The molecule has 5 aromatic rings. The Morgan fingerprint density at radius 1 is 0.387 bits per heavy atom. The van der Waals surface area contributed by atoms with Gasteiger partial charge in [0.05, 0.1) is 5.56 Å². The number of para-hydroxylation sites is 1. The van der Waals surface area contributed by atoms with E-state index in [0.717, 1.165) is 22.3 Å². The van der Waals surface area contributed by atoms with E-state index in [2.05, 4.69) is 34.2 Å². The summed E-state index contributed by atoms with van der Waals surface area (Å²) >= 11 is 0. The van der Waals surface area contributed by atoms with Crippen molar-refractivity contribution in [2.24, 2.45) is 0 Å². The smallest absolute Gasteiger partial charge is 0.167 e. The van der Waals surface area contributed by atoms with Crippen LogP contribution in [0.5, 0.6) is 5.75 Å². The van der Waals surface area contributed by atoms with Crippen LogP contribution >= 0.6 is 0 Å². The van der Waals surface area contributed by atoms with Gasteiger partial charge in [0.15, 0.2) is 17.5 Å². The summed E-state index contributed by atoms with van der Waals surface area (Å²) in [4.78, 5) is 14.1. The van der Waals surface area contributed by atoms with Gasteiger partial charge in [-0.15, -0.1) is 0 Å². The van der Waals surface area contributed by atoms with Gasteiger partial charge in [-0.05, 0) is 23.3 Å². The molecule has 0 fully saturated rings. The van der Waals surface area contributed by atoms with E-state index >= 15 is 0 Å². The van der Waals surface area contributed by atoms with Gasteiger partial charge in [-0.2, -0.15) is 0 Å². The van der Waals surface area contributed by atoms with Gasteiger partial charge < -0.3 is 5.11 Å². The molecular formula is C27H19N3O. The Bertz CT molecular complexity index is 1320. The molecule has 0 bridgehead atoms. The fraction of sp³-hybridized carbons (Fsp3) is 0. The first-order valence-corrected chi connectivity index (χ1v) is 10.0. The minimum absolute atomic E-state index is 0.137. The number of phenols is 1. The summed E-state index contributed by atoms with van der Waals surface area (Å²) in [5.74, 6) is 1.70. The van der Waals surface area contributed by atoms with Crippen LogP contribution in [0.2, 0.25) is 0 Å². The Morgan fingerprint density at radius 3 is 1.42 bits per heavy atom. The lowest BCUT2D eigenvalue weighted by Crippen LogP contribution is -2.00. The van der Waals surface area contributed by atoms with Gasteiger partial charge in [-0.3, -0.25) is 0 Å². The Morgan fingerprint density at radius 2 is 0.806 bits per heavy atom. The molecule has 148 valence electrons. The number of hydrogen-bond donors (Lipinski definition) is 1. The van der Waals surface area contributed by atoms with E-state index in [1.807, 2.05) is 72.8 Å². The standard InChI is InChI=1S/C27H19N3O/c31-24-14-8-7-13-23(24)27-29-25(21-11-5-2-6-12-21)28-26(30-27)22-17-15-20(16-18-22)19-9-3-1-4-10-19/h1-18,31H. The maximum atomic E-state index is 10.3. The predicted molar refractivity (Wildman–Crippen MR) is 123 cm³/mol. The van der Waals surface area contributed by atoms with E-state index in [9.17, 15) is 5.11 Å². The maximum Gasteiger partial charge on any atom is 0.167 e. The number of phenolic OH excluding ortho intramolecular Hbond substituents is 1. The summed E-state index contributed by atoms with van der Waals surface area (Å²) in [5, 5.41) is 10.3. The summed E-state index contributed by atoms with van der Waals surface area (Å²) in [6, 6.07) is 35.3. The molecule has 0 atom stereocenters. The van der Waals surface area contributed by atoms with Crippen molar-refractivity contribution in [2.45, 2.75) is 0 Å². The molecule has 1 aromatic heterocycles. The SMILES string of the molecule is Oc1ccccc1-c1nc(-c2ccccc2)nc(-c2ccc(-c3ccccc3)cc2)n1. The molecule has 4 nitrogen and oxygen atoms in total. The van der Waals surface area contributed by atoms with Gasteiger partial charge >= 0.3 is 0 Å². The third kappa shape index (κ3) is 3.91. The molecule has 0 aliphatic heterocycles. The highest BCUT2D eigenvalue weighted by molar-refractivity contribution is 5.71. The molecule has 0 aliphatic rings. The zero-order chi connectivity index (χ0) is 21.0. The Labute approximate surface area is 180 Å². The van der Waals surface area contributed by atoms with E-state index < -0.39 is 0 Å². The Balaban J connectivity index is 1.63. The van der Waals surface area contributed by atoms with E-state index in [4.69, 9.17) is 4.98 Å². The first kappa shape index (κ1) is 18.7. The van der Waals surface area contributed by atoms with Gasteiger partial charge in [0, 0.05) is 11.1 Å². The second kappa shape index (κ2) is 8.20. The molecule has 0 radical (unpaired) electrons. The molecule has 1 N–H and O–H groups in total. The first-order chi connectivity index (χ1) is 15.3. The summed E-state index contributed by atoms with van der Waals surface area (Å²) < 4.78 is 0. The molecule has 4 aromatic carbocycles. The molecular weight excluding hydrogens is 382 g/mol. The number of rotatable bonds is 4. The molecule has 0 unspecified atom stereocenters. The van der Waals surface area contributed by atoms with E-state index in [-0.39, 0.29) is 5.75 Å². The third-order valence-electron chi connectivity index (χ3n) is 5.06. The zero-order valence-corrected chi connectivity index (χ0v) is 16.7. The highest BCUT2D eigenvalue weighted by Crippen LogP contribution is 2.30. The average Bonchev–Trinajstić information content (AvgIpc) is 2.85. The van der Waals surface area contributed by atoms with E-state index in [1.54, 1.807) is 12.1 Å². The lowest BCUT2D eigenvalue weighted by molar-refractivity contribution is 0.477. The number of benzene rings is 4. The van der Waals surface area contributed by atoms with Gasteiger partial charge in [0.2, 0.25) is 0 Å². The summed E-state index contributed by atoms with van der Waals surface area (Å²) in [7, 11) is 0. The largest absolute Gasteiger partial charge is 0.507 e. The van der Waals surface area contributed by atoms with Crippen LogP contribution in [0.25, 0.3) is 45.3 Å². The maximum absolute atomic E-state index is 10.3. The van der Waals surface area contributed by atoms with Crippen molar-refractivity contribution < 1.29 is 5.11 Å². The highest BCUT2D eigenvalue weighted by atomic mass is 16.3. The Hall–Kier alpha value is -4.31. The molecule has 0 saturated carbocycles. The monoisotopic (exact) mass is 401 g/mol. The van der Waals surface area contributed by atoms with E-state index in [1.165, 1.54) is 0 Å². The number of hydrogen-bond acceptors (Lipinski definition) is 4. The van der Waals surface area contributed by atoms with Crippen LogP contribution in [-0.4, -0.2) is 20.1 Å². The molecule has 31 heavy (non-hydrogen) atoms. The van der Waals surface area contributed by atoms with Gasteiger partial charge in [-0.25, -0.2) is 15.0 Å². The van der Waals surface area contributed by atoms with Crippen molar-refractivity contribution in [2.75, 3.05) is 0 Å². The van der Waals surface area contributed by atoms with Crippen molar-refractivity contribution in [3.8, 4) is 51.0 Å². The third-order valence-corrected chi connectivity index (χ3v) is 5.06. The molecule has 4 heteroatoms. The summed E-state index contributed by atoms with van der Waals surface area (Å²) in [5.41, 5.74) is 4.64. The zero-order valence-electron chi connectivity index (χ0n) is 16.7. The minimum Gasteiger partial charge on any atom is -0.507 e. The number of nitrogens with zero attached hydrogens (tertiary/aromatic N) is 3. The summed E-state index contributed by atoms with van der Waals surface area (Å²) in [6.45, 7) is 0. The van der Waals surface area contributed by atoms with Crippen molar-refractivity contribution in [1.82, 2.24) is 15.0 Å². The lowest BCUT2D eigenvalue weighted by atomic mass is 10.0. The van der Waals surface area contributed by atoms with Crippen LogP contribution in [0.15, 0.2) is 109 Å². The van der Waals surface area contributed by atoms with Crippen LogP contribution in [0.4, 0.5) is 0 Å². The molecule has 0 saturated heterocycles.